The number of benzene rings is 3. The molecule has 3 aromatic rings. The van der Waals surface area contributed by atoms with Crippen molar-refractivity contribution in [2.45, 2.75) is 19.4 Å². The molecular weight excluding hydrogens is 330 g/mol. The van der Waals surface area contributed by atoms with Gasteiger partial charge in [-0.1, -0.05) is 66.2 Å². The van der Waals surface area contributed by atoms with E-state index in [1.54, 1.807) is 0 Å². The number of hydrogen-bond donors (Lipinski definition) is 1. The Morgan fingerprint density at radius 3 is 2.48 bits per heavy atom. The van der Waals surface area contributed by atoms with Crippen molar-refractivity contribution in [1.29, 1.82) is 0 Å². The molecule has 0 fully saturated rings. The predicted molar refractivity (Wildman–Crippen MR) is 105 cm³/mol. The standard InChI is InChI=1S/C22H22ClNO/c23-22-14-5-4-11-19(22)17-24-20-12-6-13-21(16-20)25-15-7-10-18-8-2-1-3-9-18/h1-6,8-9,11-14,16,24H,7,10,15,17H2. The van der Waals surface area contributed by atoms with Crippen LogP contribution in [-0.4, -0.2) is 6.61 Å². The molecule has 0 unspecified atom stereocenters. The summed E-state index contributed by atoms with van der Waals surface area (Å²) in [7, 11) is 0. The molecule has 128 valence electrons. The molecule has 0 amide bonds. The fraction of sp³-hybridized carbons (Fsp3) is 0.182. The zero-order chi connectivity index (χ0) is 17.3. The quantitative estimate of drug-likeness (QED) is 0.505. The largest absolute Gasteiger partial charge is 0.494 e. The van der Waals surface area contributed by atoms with E-state index in [1.807, 2.05) is 54.6 Å². The molecule has 0 aliphatic heterocycles. The summed E-state index contributed by atoms with van der Waals surface area (Å²) < 4.78 is 5.88. The molecule has 3 rings (SSSR count). The minimum absolute atomic E-state index is 0.692. The minimum Gasteiger partial charge on any atom is -0.494 e. The molecule has 0 aliphatic rings. The second kappa shape index (κ2) is 9.14. The van der Waals surface area contributed by atoms with Gasteiger partial charge in [-0.3, -0.25) is 0 Å². The van der Waals surface area contributed by atoms with E-state index in [2.05, 4.69) is 29.6 Å². The molecule has 3 heteroatoms. The van der Waals surface area contributed by atoms with E-state index in [0.717, 1.165) is 34.9 Å². The SMILES string of the molecule is Clc1ccccc1CNc1cccc(OCCCc2ccccc2)c1. The van der Waals surface area contributed by atoms with Gasteiger partial charge in [-0.15, -0.1) is 0 Å². The predicted octanol–water partition coefficient (Wildman–Crippen LogP) is 5.96. The van der Waals surface area contributed by atoms with Gasteiger partial charge < -0.3 is 10.1 Å². The van der Waals surface area contributed by atoms with Crippen molar-refractivity contribution in [3.8, 4) is 5.75 Å². The molecule has 3 aromatic carbocycles. The van der Waals surface area contributed by atoms with Gasteiger partial charge in [-0.2, -0.15) is 0 Å². The summed E-state index contributed by atoms with van der Waals surface area (Å²) in [5, 5.41) is 4.17. The molecule has 0 aromatic heterocycles. The van der Waals surface area contributed by atoms with Gasteiger partial charge in [0.05, 0.1) is 6.61 Å². The molecule has 0 spiro atoms. The van der Waals surface area contributed by atoms with Crippen LogP contribution in [0.2, 0.25) is 5.02 Å². The first kappa shape index (κ1) is 17.4. The highest BCUT2D eigenvalue weighted by Crippen LogP contribution is 2.20. The number of halogens is 1. The fourth-order valence-electron chi connectivity index (χ4n) is 2.65. The van der Waals surface area contributed by atoms with E-state index in [9.17, 15) is 0 Å². The molecule has 0 aliphatic carbocycles. The molecule has 0 radical (unpaired) electrons. The van der Waals surface area contributed by atoms with Gasteiger partial charge in [0.1, 0.15) is 5.75 Å². The number of nitrogens with one attached hydrogen (secondary N) is 1. The number of hydrogen-bond acceptors (Lipinski definition) is 2. The topological polar surface area (TPSA) is 21.3 Å². The summed E-state index contributed by atoms with van der Waals surface area (Å²) in [5.41, 5.74) is 3.46. The normalized spacial score (nSPS) is 10.4. The van der Waals surface area contributed by atoms with Crippen molar-refractivity contribution in [2.75, 3.05) is 11.9 Å². The van der Waals surface area contributed by atoms with Crippen LogP contribution >= 0.6 is 11.6 Å². The van der Waals surface area contributed by atoms with E-state index >= 15 is 0 Å². The summed E-state index contributed by atoms with van der Waals surface area (Å²) in [6.45, 7) is 1.40. The zero-order valence-corrected chi connectivity index (χ0v) is 14.9. The van der Waals surface area contributed by atoms with Gasteiger partial charge in [-0.05, 0) is 42.2 Å². The van der Waals surface area contributed by atoms with Gasteiger partial charge in [0.15, 0.2) is 0 Å². The summed E-state index contributed by atoms with van der Waals surface area (Å²) >= 11 is 6.19. The Hall–Kier alpha value is -2.45. The van der Waals surface area contributed by atoms with Crippen LogP contribution in [0.3, 0.4) is 0 Å². The Labute approximate surface area is 154 Å². The maximum Gasteiger partial charge on any atom is 0.121 e. The third kappa shape index (κ3) is 5.54. The molecule has 0 atom stereocenters. The Morgan fingerprint density at radius 1 is 0.840 bits per heavy atom. The average Bonchev–Trinajstić information content (AvgIpc) is 2.66. The second-order valence-electron chi connectivity index (χ2n) is 5.91. The Balaban J connectivity index is 1.47. The monoisotopic (exact) mass is 351 g/mol. The Bertz CT molecular complexity index is 789. The lowest BCUT2D eigenvalue weighted by atomic mass is 10.1. The van der Waals surface area contributed by atoms with Crippen molar-refractivity contribution < 1.29 is 4.74 Å². The number of rotatable bonds is 8. The highest BCUT2D eigenvalue weighted by Gasteiger charge is 2.01. The first-order valence-corrected chi connectivity index (χ1v) is 8.93. The molecule has 0 saturated carbocycles. The minimum atomic E-state index is 0.692. The first-order valence-electron chi connectivity index (χ1n) is 8.55. The highest BCUT2D eigenvalue weighted by atomic mass is 35.5. The number of ether oxygens (including phenoxy) is 1. The van der Waals surface area contributed by atoms with Crippen molar-refractivity contribution in [3.05, 3.63) is 95.0 Å². The van der Waals surface area contributed by atoms with Crippen molar-refractivity contribution in [1.82, 2.24) is 0 Å². The van der Waals surface area contributed by atoms with Gasteiger partial charge in [0.25, 0.3) is 0 Å². The van der Waals surface area contributed by atoms with Crippen LogP contribution in [-0.2, 0) is 13.0 Å². The maximum absolute atomic E-state index is 6.19. The van der Waals surface area contributed by atoms with Crippen LogP contribution in [0.5, 0.6) is 5.75 Å². The molecule has 2 nitrogen and oxygen atoms in total. The van der Waals surface area contributed by atoms with Crippen LogP contribution in [0.1, 0.15) is 17.5 Å². The maximum atomic E-state index is 6.19. The molecule has 0 heterocycles. The number of anilines is 1. The van der Waals surface area contributed by atoms with Crippen LogP contribution in [0.4, 0.5) is 5.69 Å². The average molecular weight is 352 g/mol. The van der Waals surface area contributed by atoms with Crippen LogP contribution in [0.15, 0.2) is 78.9 Å². The second-order valence-corrected chi connectivity index (χ2v) is 6.32. The lowest BCUT2D eigenvalue weighted by molar-refractivity contribution is 0.311. The summed E-state index contributed by atoms with van der Waals surface area (Å²) in [6, 6.07) is 26.4. The van der Waals surface area contributed by atoms with Crippen LogP contribution in [0, 0.1) is 0 Å². The van der Waals surface area contributed by atoms with Crippen LogP contribution in [0.25, 0.3) is 0 Å². The zero-order valence-electron chi connectivity index (χ0n) is 14.1. The molecule has 25 heavy (non-hydrogen) atoms. The van der Waals surface area contributed by atoms with Crippen molar-refractivity contribution in [2.24, 2.45) is 0 Å². The highest BCUT2D eigenvalue weighted by molar-refractivity contribution is 6.31. The lowest BCUT2D eigenvalue weighted by Crippen LogP contribution is -2.02. The smallest absolute Gasteiger partial charge is 0.121 e. The Morgan fingerprint density at radius 2 is 1.64 bits per heavy atom. The third-order valence-electron chi connectivity index (χ3n) is 4.00. The van der Waals surface area contributed by atoms with Gasteiger partial charge in [-0.25, -0.2) is 0 Å². The van der Waals surface area contributed by atoms with E-state index in [1.165, 1.54) is 5.56 Å². The third-order valence-corrected chi connectivity index (χ3v) is 4.36. The van der Waals surface area contributed by atoms with E-state index < -0.39 is 0 Å². The molecule has 0 bridgehead atoms. The van der Waals surface area contributed by atoms with Crippen LogP contribution < -0.4 is 10.1 Å². The fourth-order valence-corrected chi connectivity index (χ4v) is 2.85. The Kier molecular flexibility index (Phi) is 6.35. The van der Waals surface area contributed by atoms with Gasteiger partial charge in [0.2, 0.25) is 0 Å². The van der Waals surface area contributed by atoms with Gasteiger partial charge >= 0.3 is 0 Å². The number of aryl methyl sites for hydroxylation is 1. The van der Waals surface area contributed by atoms with Crippen molar-refractivity contribution in [3.63, 3.8) is 0 Å². The summed E-state index contributed by atoms with van der Waals surface area (Å²) in [6.07, 6.45) is 2.03. The molecular formula is C22H22ClNO. The lowest BCUT2D eigenvalue weighted by Gasteiger charge is -2.11. The van der Waals surface area contributed by atoms with Crippen molar-refractivity contribution >= 4 is 17.3 Å². The summed E-state index contributed by atoms with van der Waals surface area (Å²) in [4.78, 5) is 0. The van der Waals surface area contributed by atoms with E-state index in [-0.39, 0.29) is 0 Å². The van der Waals surface area contributed by atoms with E-state index in [4.69, 9.17) is 16.3 Å². The van der Waals surface area contributed by atoms with E-state index in [0.29, 0.717) is 13.2 Å². The molecule has 0 saturated heterocycles. The summed E-state index contributed by atoms with van der Waals surface area (Å²) in [5.74, 6) is 0.886. The molecule has 1 N–H and O–H groups in total. The van der Waals surface area contributed by atoms with Gasteiger partial charge in [0, 0.05) is 23.3 Å². The first-order chi connectivity index (χ1) is 12.3.